The quantitative estimate of drug-likeness (QED) is 0.513. The third-order valence-corrected chi connectivity index (χ3v) is 4.08. The molecule has 1 amide bonds. The van der Waals surface area contributed by atoms with E-state index in [9.17, 15) is 4.79 Å². The highest BCUT2D eigenvalue weighted by Gasteiger charge is 2.18. The van der Waals surface area contributed by atoms with Crippen molar-refractivity contribution in [3.05, 3.63) is 28.1 Å². The van der Waals surface area contributed by atoms with Gasteiger partial charge in [0, 0.05) is 30.6 Å². The number of amides is 1. The Kier molecular flexibility index (Phi) is 6.38. The van der Waals surface area contributed by atoms with Crippen molar-refractivity contribution >= 4 is 34.4 Å². The van der Waals surface area contributed by atoms with Crippen molar-refractivity contribution in [1.82, 2.24) is 15.1 Å². The second-order valence-electron chi connectivity index (χ2n) is 7.16. The molecule has 1 atom stereocenters. The van der Waals surface area contributed by atoms with Gasteiger partial charge in [0.05, 0.1) is 6.04 Å². The van der Waals surface area contributed by atoms with Crippen molar-refractivity contribution in [3.63, 3.8) is 0 Å². The van der Waals surface area contributed by atoms with E-state index in [1.165, 1.54) is 0 Å². The van der Waals surface area contributed by atoms with E-state index in [1.54, 1.807) is 10.7 Å². The molecule has 0 spiro atoms. The standard InChI is InChI=1S/C18H25IN4O3/c1-11(21-17(24)26-18(2,3)4)10-25-14-7-12(6-13(20)8-14)15-9-23(5)22-16(15)19/h6-9,11H,10,20H2,1-5H3,(H,21,24). The fourth-order valence-electron chi connectivity index (χ4n) is 2.29. The molecule has 1 aromatic carbocycles. The van der Waals surface area contributed by atoms with Crippen molar-refractivity contribution in [2.24, 2.45) is 7.05 Å². The van der Waals surface area contributed by atoms with Crippen molar-refractivity contribution in [3.8, 4) is 16.9 Å². The van der Waals surface area contributed by atoms with E-state index in [4.69, 9.17) is 15.2 Å². The monoisotopic (exact) mass is 472 g/mol. The van der Waals surface area contributed by atoms with Crippen LogP contribution < -0.4 is 15.8 Å². The van der Waals surface area contributed by atoms with E-state index in [1.807, 2.05) is 53.1 Å². The van der Waals surface area contributed by atoms with Crippen molar-refractivity contribution in [2.45, 2.75) is 39.3 Å². The van der Waals surface area contributed by atoms with Crippen LogP contribution in [0.4, 0.5) is 10.5 Å². The lowest BCUT2D eigenvalue weighted by molar-refractivity contribution is 0.0494. The highest BCUT2D eigenvalue weighted by atomic mass is 127. The Morgan fingerprint density at radius 1 is 1.38 bits per heavy atom. The van der Waals surface area contributed by atoms with Crippen LogP contribution in [0.3, 0.4) is 0 Å². The molecule has 0 bridgehead atoms. The number of aryl methyl sites for hydroxylation is 1. The average Bonchev–Trinajstić information content (AvgIpc) is 2.81. The summed E-state index contributed by atoms with van der Waals surface area (Å²) in [5, 5.41) is 7.09. The highest BCUT2D eigenvalue weighted by molar-refractivity contribution is 14.1. The minimum absolute atomic E-state index is 0.215. The third kappa shape index (κ3) is 6.08. The predicted molar refractivity (Wildman–Crippen MR) is 110 cm³/mol. The molecule has 3 N–H and O–H groups in total. The molecule has 142 valence electrons. The minimum Gasteiger partial charge on any atom is -0.491 e. The van der Waals surface area contributed by atoms with Gasteiger partial charge < -0.3 is 20.5 Å². The molecular weight excluding hydrogens is 447 g/mol. The zero-order chi connectivity index (χ0) is 19.5. The number of ether oxygens (including phenoxy) is 2. The van der Waals surface area contributed by atoms with Gasteiger partial charge in [0.15, 0.2) is 0 Å². The lowest BCUT2D eigenvalue weighted by atomic mass is 10.1. The van der Waals surface area contributed by atoms with Crippen molar-refractivity contribution in [1.29, 1.82) is 0 Å². The van der Waals surface area contributed by atoms with E-state index in [2.05, 4.69) is 33.0 Å². The molecule has 0 aliphatic carbocycles. The molecule has 0 fully saturated rings. The SMILES string of the molecule is CC(COc1cc(N)cc(-c2cn(C)nc2I)c1)NC(=O)OC(C)(C)C. The zero-order valence-corrected chi connectivity index (χ0v) is 17.8. The van der Waals surface area contributed by atoms with Gasteiger partial charge in [-0.3, -0.25) is 4.68 Å². The number of anilines is 1. The van der Waals surface area contributed by atoms with Gasteiger partial charge in [-0.05, 0) is 68.0 Å². The molecule has 0 saturated carbocycles. The summed E-state index contributed by atoms with van der Waals surface area (Å²) in [5.41, 5.74) is 8.01. The Hall–Kier alpha value is -1.97. The largest absolute Gasteiger partial charge is 0.491 e. The number of carbonyl (C=O) groups is 1. The molecule has 0 aliphatic heterocycles. The van der Waals surface area contributed by atoms with E-state index in [0.717, 1.165) is 14.8 Å². The minimum atomic E-state index is -0.533. The maximum atomic E-state index is 11.8. The second-order valence-corrected chi connectivity index (χ2v) is 8.18. The molecule has 1 aromatic heterocycles. The molecule has 1 unspecified atom stereocenters. The van der Waals surface area contributed by atoms with Gasteiger partial charge in [-0.15, -0.1) is 0 Å². The summed E-state index contributed by atoms with van der Waals surface area (Å²) in [4.78, 5) is 11.8. The normalized spacial score (nSPS) is 12.5. The Morgan fingerprint density at radius 3 is 2.65 bits per heavy atom. The number of nitrogen functional groups attached to an aromatic ring is 1. The maximum Gasteiger partial charge on any atom is 0.407 e. The second kappa shape index (κ2) is 8.15. The Balaban J connectivity index is 2.02. The number of nitrogens with two attached hydrogens (primary N) is 1. The first-order valence-corrected chi connectivity index (χ1v) is 9.34. The summed E-state index contributed by atoms with van der Waals surface area (Å²) < 4.78 is 13.7. The van der Waals surface area contributed by atoms with Crippen LogP contribution in [0.15, 0.2) is 24.4 Å². The van der Waals surface area contributed by atoms with E-state index in [-0.39, 0.29) is 6.04 Å². The Bertz CT molecular complexity index is 783. The van der Waals surface area contributed by atoms with Crippen molar-refractivity contribution in [2.75, 3.05) is 12.3 Å². The topological polar surface area (TPSA) is 91.4 Å². The van der Waals surface area contributed by atoms with Gasteiger partial charge in [-0.1, -0.05) is 0 Å². The molecule has 2 rings (SSSR count). The number of rotatable bonds is 5. The van der Waals surface area contributed by atoms with Crippen LogP contribution in [0.1, 0.15) is 27.7 Å². The number of halogens is 1. The molecular formula is C18H25IN4O3. The summed E-state index contributed by atoms with van der Waals surface area (Å²) in [6.07, 6.45) is 1.47. The predicted octanol–water partition coefficient (Wildman–Crippen LogP) is 3.57. The average molecular weight is 472 g/mol. The molecule has 0 saturated heterocycles. The van der Waals surface area contributed by atoms with E-state index >= 15 is 0 Å². The summed E-state index contributed by atoms with van der Waals surface area (Å²) >= 11 is 2.19. The molecule has 0 radical (unpaired) electrons. The van der Waals surface area contributed by atoms with Gasteiger partial charge in [0.25, 0.3) is 0 Å². The number of hydrogen-bond donors (Lipinski definition) is 2. The van der Waals surface area contributed by atoms with E-state index < -0.39 is 11.7 Å². The number of aromatic nitrogens is 2. The number of alkyl carbamates (subject to hydrolysis) is 1. The van der Waals surface area contributed by atoms with Gasteiger partial charge >= 0.3 is 6.09 Å². The highest BCUT2D eigenvalue weighted by Crippen LogP contribution is 2.30. The van der Waals surface area contributed by atoms with Gasteiger partial charge in [-0.2, -0.15) is 5.10 Å². The van der Waals surface area contributed by atoms with Crippen LogP contribution in [-0.4, -0.2) is 34.1 Å². The fourth-order valence-corrected chi connectivity index (χ4v) is 3.08. The van der Waals surface area contributed by atoms with Crippen LogP contribution >= 0.6 is 22.6 Å². The fraction of sp³-hybridized carbons (Fsp3) is 0.444. The van der Waals surface area contributed by atoms with Crippen LogP contribution in [0.25, 0.3) is 11.1 Å². The number of hydrogen-bond acceptors (Lipinski definition) is 5. The molecule has 26 heavy (non-hydrogen) atoms. The number of benzene rings is 1. The molecule has 1 heterocycles. The smallest absolute Gasteiger partial charge is 0.407 e. The van der Waals surface area contributed by atoms with Crippen molar-refractivity contribution < 1.29 is 14.3 Å². The van der Waals surface area contributed by atoms with Crippen LogP contribution in [0, 0.1) is 3.70 Å². The van der Waals surface area contributed by atoms with Gasteiger partial charge in [0.1, 0.15) is 21.7 Å². The molecule has 8 heteroatoms. The third-order valence-electron chi connectivity index (χ3n) is 3.29. The number of carbonyl (C=O) groups excluding carboxylic acids is 1. The first kappa shape index (κ1) is 20.3. The molecule has 0 aliphatic rings. The summed E-state index contributed by atoms with van der Waals surface area (Å²) in [6, 6.07) is 5.34. The Morgan fingerprint density at radius 2 is 2.08 bits per heavy atom. The first-order chi connectivity index (χ1) is 12.0. The molecule has 7 nitrogen and oxygen atoms in total. The maximum absolute atomic E-state index is 11.8. The summed E-state index contributed by atoms with van der Waals surface area (Å²) in [7, 11) is 1.87. The van der Waals surface area contributed by atoms with Crippen LogP contribution in [0.2, 0.25) is 0 Å². The lowest BCUT2D eigenvalue weighted by Gasteiger charge is -2.22. The number of nitrogens with zero attached hydrogens (tertiary/aromatic N) is 2. The van der Waals surface area contributed by atoms with Crippen LogP contribution in [-0.2, 0) is 11.8 Å². The van der Waals surface area contributed by atoms with Crippen LogP contribution in [0.5, 0.6) is 5.75 Å². The first-order valence-electron chi connectivity index (χ1n) is 8.26. The zero-order valence-electron chi connectivity index (χ0n) is 15.7. The summed E-state index contributed by atoms with van der Waals surface area (Å²) in [5.74, 6) is 0.637. The lowest BCUT2D eigenvalue weighted by Crippen LogP contribution is -2.40. The number of nitrogens with one attached hydrogen (secondary N) is 1. The van der Waals surface area contributed by atoms with E-state index in [0.29, 0.717) is 18.0 Å². The Labute approximate surface area is 167 Å². The van der Waals surface area contributed by atoms with Gasteiger partial charge in [-0.25, -0.2) is 4.79 Å². The molecule has 2 aromatic rings. The van der Waals surface area contributed by atoms with Gasteiger partial charge in [0.2, 0.25) is 0 Å². The summed E-state index contributed by atoms with van der Waals surface area (Å²) in [6.45, 7) is 7.61.